The Morgan fingerprint density at radius 2 is 1.55 bits per heavy atom. The number of aliphatic hydroxyl groups excluding tert-OH is 2. The van der Waals surface area contributed by atoms with Crippen molar-refractivity contribution in [2.75, 3.05) is 31.3 Å². The zero-order chi connectivity index (χ0) is 29.3. The lowest BCUT2D eigenvalue weighted by Crippen LogP contribution is -2.57. The molecule has 3 rings (SSSR count). The van der Waals surface area contributed by atoms with E-state index in [1.54, 1.807) is 30.3 Å². The first-order valence-electron chi connectivity index (χ1n) is 12.5. The van der Waals surface area contributed by atoms with Gasteiger partial charge in [-0.05, 0) is 30.5 Å². The van der Waals surface area contributed by atoms with Crippen molar-refractivity contribution in [1.82, 2.24) is 15.6 Å². The topological polar surface area (TPSA) is 158 Å². The number of sulfonamides is 1. The molecule has 0 fully saturated rings. The van der Waals surface area contributed by atoms with Gasteiger partial charge >= 0.3 is 0 Å². The smallest absolute Gasteiger partial charge is 0.271 e. The molecule has 216 valence electrons. The number of amides is 2. The van der Waals surface area contributed by atoms with Crippen LogP contribution in [0.1, 0.15) is 32.8 Å². The Morgan fingerprint density at radius 3 is 2.15 bits per heavy atom. The average molecular weight is 591 g/mol. The van der Waals surface area contributed by atoms with Crippen molar-refractivity contribution in [2.24, 2.45) is 0 Å². The third kappa shape index (κ3) is 8.57. The molecule has 0 unspecified atom stereocenters. The quantitative estimate of drug-likeness (QED) is 0.220. The number of carbonyl (C=O) groups excluding carboxylic acids is 2. The lowest BCUT2D eigenvalue weighted by Gasteiger charge is -2.33. The van der Waals surface area contributed by atoms with E-state index in [4.69, 9.17) is 4.74 Å². The van der Waals surface area contributed by atoms with E-state index in [0.717, 1.165) is 27.5 Å². The van der Waals surface area contributed by atoms with E-state index in [0.29, 0.717) is 5.56 Å². The summed E-state index contributed by atoms with van der Waals surface area (Å²) in [6.07, 6.45) is -1.59. The Bertz CT molecular complexity index is 1350. The molecular formula is C27H34N4O7S2. The first kappa shape index (κ1) is 31.2. The van der Waals surface area contributed by atoms with Gasteiger partial charge in [0.25, 0.3) is 11.8 Å². The summed E-state index contributed by atoms with van der Waals surface area (Å²) in [5, 5.41) is 29.6. The number of anilines is 1. The second-order valence-electron chi connectivity index (χ2n) is 9.22. The fourth-order valence-corrected chi connectivity index (χ4v) is 5.45. The molecule has 3 aromatic rings. The van der Waals surface area contributed by atoms with Crippen molar-refractivity contribution < 1.29 is 33.0 Å². The molecule has 2 amide bonds. The third-order valence-electron chi connectivity index (χ3n) is 6.27. The average Bonchev–Trinajstić information content (AvgIpc) is 3.44. The highest BCUT2D eigenvalue weighted by atomic mass is 32.2. The Morgan fingerprint density at radius 1 is 0.975 bits per heavy atom. The van der Waals surface area contributed by atoms with E-state index in [9.17, 15) is 28.2 Å². The maximum absolute atomic E-state index is 13.1. The number of methoxy groups -OCH3 is 1. The van der Waals surface area contributed by atoms with E-state index in [1.807, 2.05) is 30.3 Å². The fourth-order valence-electron chi connectivity index (χ4n) is 3.91. The van der Waals surface area contributed by atoms with Crippen molar-refractivity contribution in [3.8, 4) is 0 Å². The highest BCUT2D eigenvalue weighted by Crippen LogP contribution is 2.22. The fraction of sp³-hybridized carbons (Fsp3) is 0.370. The zero-order valence-corrected chi connectivity index (χ0v) is 24.1. The monoisotopic (exact) mass is 590 g/mol. The van der Waals surface area contributed by atoms with E-state index < -0.39 is 46.1 Å². The van der Waals surface area contributed by atoms with Gasteiger partial charge in [-0.15, -0.1) is 11.3 Å². The number of ether oxygens (including phenoxy) is 1. The molecule has 0 spiro atoms. The Labute approximate surface area is 237 Å². The molecule has 4 atom stereocenters. The van der Waals surface area contributed by atoms with E-state index >= 15 is 0 Å². The molecule has 1 aromatic heterocycles. The van der Waals surface area contributed by atoms with Gasteiger partial charge in [-0.25, -0.2) is 17.7 Å². The maximum Gasteiger partial charge on any atom is 0.271 e. The number of benzene rings is 2. The summed E-state index contributed by atoms with van der Waals surface area (Å²) in [6.45, 7) is 0.203. The minimum absolute atomic E-state index is 0.0384. The van der Waals surface area contributed by atoms with Gasteiger partial charge in [0.15, 0.2) is 5.13 Å². The normalized spacial score (nSPS) is 14.5. The van der Waals surface area contributed by atoms with Crippen LogP contribution in [0.2, 0.25) is 0 Å². The lowest BCUT2D eigenvalue weighted by molar-refractivity contribution is -0.0269. The third-order valence-corrected chi connectivity index (χ3v) is 8.47. The number of hydrogen-bond acceptors (Lipinski definition) is 9. The van der Waals surface area contributed by atoms with Crippen LogP contribution in [-0.4, -0.2) is 86.7 Å². The van der Waals surface area contributed by atoms with E-state index in [1.165, 1.54) is 19.5 Å². The Kier molecular flexibility index (Phi) is 11.2. The summed E-state index contributed by atoms with van der Waals surface area (Å²) >= 11 is 0.979. The van der Waals surface area contributed by atoms with Crippen molar-refractivity contribution in [2.45, 2.75) is 37.1 Å². The molecule has 0 aliphatic carbocycles. The van der Waals surface area contributed by atoms with Gasteiger partial charge in [-0.1, -0.05) is 48.5 Å². The largest absolute Gasteiger partial charge is 0.388 e. The minimum atomic E-state index is -3.57. The molecule has 4 N–H and O–H groups in total. The standard InChI is InChI=1S/C27H34N4O7S2/c1-31(40(3,36)37)27-30-22(17-39-27)26(35)29-21(16-18-10-6-4-7-11-18)24(33)23(32)20(14-15-38-2)28-25(34)19-12-8-5-9-13-19/h4-13,17,20-21,23-24,32-33H,14-16H2,1-3H3,(H,28,34)(H,29,35)/t20-,21+,23-,24-/m1/s1. The molecule has 0 saturated heterocycles. The first-order chi connectivity index (χ1) is 19.0. The lowest BCUT2D eigenvalue weighted by atomic mass is 9.92. The van der Waals surface area contributed by atoms with Gasteiger partial charge in [0.1, 0.15) is 17.9 Å². The van der Waals surface area contributed by atoms with Crippen LogP contribution in [0.4, 0.5) is 5.13 Å². The van der Waals surface area contributed by atoms with Gasteiger partial charge in [0, 0.05) is 31.7 Å². The van der Waals surface area contributed by atoms with Gasteiger partial charge in [0.05, 0.1) is 18.3 Å². The molecule has 0 aliphatic heterocycles. The molecule has 0 bridgehead atoms. The number of aromatic nitrogens is 1. The minimum Gasteiger partial charge on any atom is -0.388 e. The number of nitrogens with zero attached hydrogens (tertiary/aromatic N) is 2. The van der Waals surface area contributed by atoms with E-state index in [2.05, 4.69) is 15.6 Å². The van der Waals surface area contributed by atoms with Gasteiger partial charge in [-0.2, -0.15) is 0 Å². The molecule has 0 saturated carbocycles. The molecule has 13 heteroatoms. The van der Waals surface area contributed by atoms with Crippen molar-refractivity contribution in [1.29, 1.82) is 0 Å². The zero-order valence-electron chi connectivity index (χ0n) is 22.4. The second kappa shape index (κ2) is 14.3. The summed E-state index contributed by atoms with van der Waals surface area (Å²) < 4.78 is 29.8. The molecule has 2 aromatic carbocycles. The number of aliphatic hydroxyl groups is 2. The Hall–Kier alpha value is -3.36. The van der Waals surface area contributed by atoms with Gasteiger partial charge < -0.3 is 25.6 Å². The summed E-state index contributed by atoms with van der Waals surface area (Å²) in [5.41, 5.74) is 1.14. The number of thiazole rings is 1. The predicted octanol–water partition coefficient (Wildman–Crippen LogP) is 1.44. The molecular weight excluding hydrogens is 556 g/mol. The number of hydrogen-bond donors (Lipinski definition) is 4. The molecule has 0 radical (unpaired) electrons. The SMILES string of the molecule is COCC[C@@H](NC(=O)c1ccccc1)[C@@H](O)[C@H](O)[C@H](Cc1ccccc1)NC(=O)c1csc(N(C)S(C)(=O)=O)n1. The summed E-state index contributed by atoms with van der Waals surface area (Å²) in [6, 6.07) is 15.7. The van der Waals surface area contributed by atoms with Crippen LogP contribution in [0, 0.1) is 0 Å². The van der Waals surface area contributed by atoms with Crippen molar-refractivity contribution in [3.05, 3.63) is 82.9 Å². The number of carbonyl (C=O) groups is 2. The van der Waals surface area contributed by atoms with Crippen molar-refractivity contribution in [3.63, 3.8) is 0 Å². The summed E-state index contributed by atoms with van der Waals surface area (Å²) in [7, 11) is -0.754. The van der Waals surface area contributed by atoms with Gasteiger partial charge in [0.2, 0.25) is 10.0 Å². The van der Waals surface area contributed by atoms with Crippen LogP contribution < -0.4 is 14.9 Å². The molecule has 0 aliphatic rings. The van der Waals surface area contributed by atoms with Gasteiger partial charge in [-0.3, -0.25) is 9.59 Å². The number of rotatable bonds is 14. The molecule has 11 nitrogen and oxygen atoms in total. The summed E-state index contributed by atoms with van der Waals surface area (Å²) in [4.78, 5) is 30.1. The maximum atomic E-state index is 13.1. The van der Waals surface area contributed by atoms with Crippen LogP contribution in [0.3, 0.4) is 0 Å². The van der Waals surface area contributed by atoms with Crippen LogP contribution >= 0.6 is 11.3 Å². The molecule has 1 heterocycles. The predicted molar refractivity (Wildman–Crippen MR) is 153 cm³/mol. The first-order valence-corrected chi connectivity index (χ1v) is 15.2. The highest BCUT2D eigenvalue weighted by Gasteiger charge is 2.35. The second-order valence-corrected chi connectivity index (χ2v) is 12.1. The Balaban J connectivity index is 1.83. The highest BCUT2D eigenvalue weighted by molar-refractivity contribution is 7.92. The summed E-state index contributed by atoms with van der Waals surface area (Å²) in [5.74, 6) is -1.08. The number of nitrogens with one attached hydrogen (secondary N) is 2. The van der Waals surface area contributed by atoms with Crippen LogP contribution in [-0.2, 0) is 21.2 Å². The molecule has 40 heavy (non-hydrogen) atoms. The van der Waals surface area contributed by atoms with Crippen LogP contribution in [0.5, 0.6) is 0 Å². The van der Waals surface area contributed by atoms with E-state index in [-0.39, 0.29) is 30.3 Å². The van der Waals surface area contributed by atoms with Crippen LogP contribution in [0.15, 0.2) is 66.0 Å². The van der Waals surface area contributed by atoms with Crippen LogP contribution in [0.25, 0.3) is 0 Å². The van der Waals surface area contributed by atoms with Crippen molar-refractivity contribution >= 4 is 38.3 Å².